The molecule has 0 radical (unpaired) electrons. The number of phenolic OH excluding ortho intramolecular Hbond substituents is 1. The zero-order valence-electron chi connectivity index (χ0n) is 16.3. The molecule has 0 aliphatic rings. The Morgan fingerprint density at radius 2 is 1.63 bits per heavy atom. The summed E-state index contributed by atoms with van der Waals surface area (Å²) in [7, 11) is 0. The number of anilines is 1. The molecular formula is C25H21N3OS. The van der Waals surface area contributed by atoms with Gasteiger partial charge in [-0.25, -0.2) is 4.98 Å². The van der Waals surface area contributed by atoms with E-state index in [-0.39, 0.29) is 5.75 Å². The van der Waals surface area contributed by atoms with Gasteiger partial charge in [-0.05, 0) is 23.6 Å². The van der Waals surface area contributed by atoms with Crippen molar-refractivity contribution in [3.8, 4) is 27.4 Å². The van der Waals surface area contributed by atoms with Crippen LogP contribution in [-0.2, 0) is 6.42 Å². The minimum Gasteiger partial charge on any atom is -0.507 e. The quantitative estimate of drug-likeness (QED) is 0.211. The van der Waals surface area contributed by atoms with Gasteiger partial charge in [-0.15, -0.1) is 6.58 Å². The highest BCUT2D eigenvalue weighted by atomic mass is 32.1. The number of aromatic hydroxyl groups is 1. The fourth-order valence-corrected chi connectivity index (χ4v) is 4.08. The summed E-state index contributed by atoms with van der Waals surface area (Å²) in [5.41, 5.74) is 7.57. The molecule has 0 saturated carbocycles. The van der Waals surface area contributed by atoms with Crippen LogP contribution in [-0.4, -0.2) is 16.3 Å². The molecule has 2 N–H and O–H groups in total. The van der Waals surface area contributed by atoms with E-state index in [9.17, 15) is 5.11 Å². The molecule has 0 saturated heterocycles. The number of hydrogen-bond donors (Lipinski definition) is 2. The predicted octanol–water partition coefficient (Wildman–Crippen LogP) is 6.36. The summed E-state index contributed by atoms with van der Waals surface area (Å²) < 4.78 is 0. The van der Waals surface area contributed by atoms with E-state index in [1.807, 2.05) is 54.6 Å². The van der Waals surface area contributed by atoms with Crippen molar-refractivity contribution < 1.29 is 5.11 Å². The van der Waals surface area contributed by atoms with Crippen molar-refractivity contribution in [3.63, 3.8) is 0 Å². The fourth-order valence-electron chi connectivity index (χ4n) is 3.14. The van der Waals surface area contributed by atoms with Crippen molar-refractivity contribution in [2.45, 2.75) is 6.42 Å². The van der Waals surface area contributed by atoms with Gasteiger partial charge in [-0.3, -0.25) is 5.43 Å². The largest absolute Gasteiger partial charge is 0.507 e. The molecule has 1 heterocycles. The lowest BCUT2D eigenvalue weighted by atomic mass is 10.1. The average Bonchev–Trinajstić information content (AvgIpc) is 3.22. The second kappa shape index (κ2) is 9.20. The second-order valence-electron chi connectivity index (χ2n) is 6.65. The summed E-state index contributed by atoms with van der Waals surface area (Å²) in [5.74, 6) is 0.219. The summed E-state index contributed by atoms with van der Waals surface area (Å²) in [4.78, 5) is 5.85. The van der Waals surface area contributed by atoms with Gasteiger partial charge in [0.25, 0.3) is 0 Å². The molecule has 0 bridgehead atoms. The number of aromatic nitrogens is 1. The van der Waals surface area contributed by atoms with E-state index in [0.29, 0.717) is 17.1 Å². The molecule has 4 rings (SSSR count). The first-order valence-electron chi connectivity index (χ1n) is 9.58. The molecule has 148 valence electrons. The van der Waals surface area contributed by atoms with Crippen LogP contribution >= 0.6 is 11.3 Å². The van der Waals surface area contributed by atoms with Gasteiger partial charge in [0.05, 0.1) is 16.8 Å². The van der Waals surface area contributed by atoms with Gasteiger partial charge in [0.2, 0.25) is 5.13 Å². The van der Waals surface area contributed by atoms with Crippen LogP contribution < -0.4 is 5.43 Å². The molecule has 3 aromatic carbocycles. The maximum atomic E-state index is 10.4. The lowest BCUT2D eigenvalue weighted by Gasteiger charge is -2.04. The van der Waals surface area contributed by atoms with Crippen molar-refractivity contribution in [2.24, 2.45) is 5.10 Å². The van der Waals surface area contributed by atoms with Crippen LogP contribution in [0.4, 0.5) is 5.13 Å². The summed E-state index contributed by atoms with van der Waals surface area (Å²) in [6.07, 6.45) is 3.97. The summed E-state index contributed by atoms with van der Waals surface area (Å²) in [6.45, 7) is 3.73. The Labute approximate surface area is 179 Å². The van der Waals surface area contributed by atoms with Crippen LogP contribution in [0.25, 0.3) is 21.7 Å². The van der Waals surface area contributed by atoms with Crippen molar-refractivity contribution >= 4 is 22.7 Å². The molecule has 30 heavy (non-hydrogen) atoms. The standard InChI is InChI=1S/C25H21N3OS/c1-2-10-19-15-9-16-21(23(19)29)17-26-28-25-27-22(18-11-5-3-6-12-18)24(30-25)20-13-7-4-8-14-20/h2-9,11-17,29H,1,10H2,(H,27,28)/b26-17+. The third-order valence-corrected chi connectivity index (χ3v) is 5.60. The molecule has 0 unspecified atom stereocenters. The van der Waals surface area contributed by atoms with Gasteiger partial charge in [0.1, 0.15) is 5.75 Å². The molecule has 0 aliphatic carbocycles. The number of para-hydroxylation sites is 1. The summed E-state index contributed by atoms with van der Waals surface area (Å²) >= 11 is 1.55. The molecule has 0 atom stereocenters. The number of hydrazone groups is 1. The Hall–Kier alpha value is -3.70. The molecule has 4 aromatic rings. The topological polar surface area (TPSA) is 57.5 Å². The monoisotopic (exact) mass is 411 g/mol. The number of thiazole rings is 1. The number of benzene rings is 3. The Balaban J connectivity index is 1.63. The van der Waals surface area contributed by atoms with E-state index in [1.54, 1.807) is 23.6 Å². The minimum absolute atomic E-state index is 0.219. The Morgan fingerprint density at radius 1 is 0.933 bits per heavy atom. The van der Waals surface area contributed by atoms with Gasteiger partial charge in [-0.1, -0.05) is 90.2 Å². The Morgan fingerprint density at radius 3 is 2.33 bits per heavy atom. The van der Waals surface area contributed by atoms with E-state index in [0.717, 1.165) is 27.3 Å². The first-order valence-corrected chi connectivity index (χ1v) is 10.4. The van der Waals surface area contributed by atoms with E-state index in [1.165, 1.54) is 0 Å². The zero-order chi connectivity index (χ0) is 20.8. The van der Waals surface area contributed by atoms with Crippen molar-refractivity contribution in [1.82, 2.24) is 4.98 Å². The zero-order valence-corrected chi connectivity index (χ0v) is 17.1. The Kier molecular flexibility index (Phi) is 6.01. The van der Waals surface area contributed by atoms with E-state index in [2.05, 4.69) is 41.4 Å². The number of hydrogen-bond acceptors (Lipinski definition) is 5. The molecular weight excluding hydrogens is 390 g/mol. The highest BCUT2D eigenvalue weighted by Crippen LogP contribution is 2.38. The predicted molar refractivity (Wildman–Crippen MR) is 126 cm³/mol. The molecule has 5 heteroatoms. The lowest BCUT2D eigenvalue weighted by molar-refractivity contribution is 0.469. The lowest BCUT2D eigenvalue weighted by Crippen LogP contribution is -1.92. The maximum absolute atomic E-state index is 10.4. The van der Waals surface area contributed by atoms with Gasteiger partial charge < -0.3 is 5.11 Å². The van der Waals surface area contributed by atoms with Gasteiger partial charge in [0.15, 0.2) is 0 Å². The molecule has 0 spiro atoms. The highest BCUT2D eigenvalue weighted by molar-refractivity contribution is 7.19. The van der Waals surface area contributed by atoms with Crippen LogP contribution in [0.2, 0.25) is 0 Å². The van der Waals surface area contributed by atoms with E-state index < -0.39 is 0 Å². The van der Waals surface area contributed by atoms with Gasteiger partial charge >= 0.3 is 0 Å². The number of rotatable bonds is 7. The fraction of sp³-hybridized carbons (Fsp3) is 0.0400. The third-order valence-electron chi connectivity index (χ3n) is 4.59. The van der Waals surface area contributed by atoms with Gasteiger partial charge in [-0.2, -0.15) is 5.10 Å². The van der Waals surface area contributed by atoms with E-state index >= 15 is 0 Å². The normalized spacial score (nSPS) is 10.9. The molecule has 0 aliphatic heterocycles. The molecule has 4 nitrogen and oxygen atoms in total. The SMILES string of the molecule is C=CCc1cccc(/C=N/Nc2nc(-c3ccccc3)c(-c3ccccc3)s2)c1O. The number of nitrogens with zero attached hydrogens (tertiary/aromatic N) is 2. The van der Waals surface area contributed by atoms with Crippen LogP contribution in [0, 0.1) is 0 Å². The Bertz CT molecular complexity index is 1110. The summed E-state index contributed by atoms with van der Waals surface area (Å²) in [6, 6.07) is 25.9. The smallest absolute Gasteiger partial charge is 0.204 e. The highest BCUT2D eigenvalue weighted by Gasteiger charge is 2.14. The number of phenols is 1. The number of allylic oxidation sites excluding steroid dienone is 1. The summed E-state index contributed by atoms with van der Waals surface area (Å²) in [5, 5.41) is 15.4. The second-order valence-corrected chi connectivity index (χ2v) is 7.65. The van der Waals surface area contributed by atoms with Crippen LogP contribution in [0.5, 0.6) is 5.75 Å². The van der Waals surface area contributed by atoms with Crippen molar-refractivity contribution in [3.05, 3.63) is 103 Å². The first-order chi connectivity index (χ1) is 14.8. The van der Waals surface area contributed by atoms with Crippen LogP contribution in [0.1, 0.15) is 11.1 Å². The first kappa shape index (κ1) is 19.6. The molecule has 0 amide bonds. The molecule has 1 aromatic heterocycles. The average molecular weight is 412 g/mol. The van der Waals surface area contributed by atoms with Crippen LogP contribution in [0.3, 0.4) is 0 Å². The minimum atomic E-state index is 0.219. The molecule has 0 fully saturated rings. The third kappa shape index (κ3) is 4.31. The van der Waals surface area contributed by atoms with Crippen molar-refractivity contribution in [1.29, 1.82) is 0 Å². The number of nitrogens with one attached hydrogen (secondary N) is 1. The van der Waals surface area contributed by atoms with E-state index in [4.69, 9.17) is 4.98 Å². The maximum Gasteiger partial charge on any atom is 0.204 e. The van der Waals surface area contributed by atoms with Crippen molar-refractivity contribution in [2.75, 3.05) is 5.43 Å². The van der Waals surface area contributed by atoms with Gasteiger partial charge in [0, 0.05) is 11.1 Å². The van der Waals surface area contributed by atoms with Crippen LogP contribution in [0.15, 0.2) is 96.6 Å².